The fourth-order valence-electron chi connectivity index (χ4n) is 6.13. The van der Waals surface area contributed by atoms with E-state index in [1.807, 2.05) is 97.1 Å². The Kier molecular flexibility index (Phi) is 19.6. The van der Waals surface area contributed by atoms with Crippen molar-refractivity contribution >= 4 is 0 Å². The van der Waals surface area contributed by atoms with Gasteiger partial charge in [0.2, 0.25) is 23.6 Å². The predicted molar refractivity (Wildman–Crippen MR) is 237 cm³/mol. The van der Waals surface area contributed by atoms with Gasteiger partial charge in [-0.3, -0.25) is 0 Å². The van der Waals surface area contributed by atoms with Crippen LogP contribution in [-0.4, -0.2) is 89.6 Å². The molecule has 0 aliphatic carbocycles. The standard InChI is InChI=1S/2C20H16N8O.Co.2NO3.2H2O/c2*1-3-15(9-27-13-21-11-23-27)7-17(5-1)19-25-26-20(29-19)18-6-2-4-16(8-18)10-28-14-22-12-24-28;;2*2-1(3)4;;/h2*1-8,11-14H,9-10H2;;;;2*1H2/q;;+2;2*-1;;/p+2. The van der Waals surface area contributed by atoms with Crippen molar-refractivity contribution in [2.24, 2.45) is 0 Å². The first-order valence-electron chi connectivity index (χ1n) is 19.1. The quantitative estimate of drug-likeness (QED) is 0.0964. The first kappa shape index (κ1) is 52.2. The van der Waals surface area contributed by atoms with E-state index in [9.17, 15) is 0 Å². The van der Waals surface area contributed by atoms with Gasteiger partial charge in [0.25, 0.3) is 0 Å². The molecular weight excluding hydrogens is 951 g/mol. The first-order valence-corrected chi connectivity index (χ1v) is 19.1. The number of hydrogen-bond donors (Lipinski definition) is 0. The van der Waals surface area contributed by atoms with Crippen LogP contribution in [0.5, 0.6) is 0 Å². The number of nitrogens with zero attached hydrogens (tertiary/aromatic N) is 18. The van der Waals surface area contributed by atoms with Crippen molar-refractivity contribution < 1.29 is 46.7 Å². The van der Waals surface area contributed by atoms with Crippen molar-refractivity contribution in [3.8, 4) is 45.8 Å². The van der Waals surface area contributed by atoms with Crippen LogP contribution in [0, 0.1) is 30.6 Å². The van der Waals surface area contributed by atoms with Gasteiger partial charge in [0.05, 0.1) is 36.4 Å². The number of benzene rings is 4. The van der Waals surface area contributed by atoms with Gasteiger partial charge in [0.15, 0.2) is 0 Å². The Morgan fingerprint density at radius 1 is 0.406 bits per heavy atom. The van der Waals surface area contributed by atoms with Gasteiger partial charge >= 0.3 is 16.8 Å². The third-order valence-corrected chi connectivity index (χ3v) is 8.79. The van der Waals surface area contributed by atoms with E-state index >= 15 is 0 Å². The van der Waals surface area contributed by atoms with Crippen LogP contribution in [0.3, 0.4) is 0 Å². The molecule has 0 saturated carbocycles. The monoisotopic (exact) mass is 989 g/mol. The summed E-state index contributed by atoms with van der Waals surface area (Å²) in [5, 5.41) is 63.0. The van der Waals surface area contributed by atoms with Gasteiger partial charge in [-0.1, -0.05) is 48.5 Å². The van der Waals surface area contributed by atoms with Gasteiger partial charge in [-0.25, -0.2) is 38.7 Å². The molecule has 6 N–H and O–H groups in total. The van der Waals surface area contributed by atoms with Gasteiger partial charge < -0.3 is 50.4 Å². The molecule has 69 heavy (non-hydrogen) atoms. The summed E-state index contributed by atoms with van der Waals surface area (Å²) >= 11 is 0. The molecule has 0 aliphatic heterocycles. The fourth-order valence-corrected chi connectivity index (χ4v) is 6.13. The van der Waals surface area contributed by atoms with E-state index in [-0.39, 0.29) is 27.7 Å². The minimum Gasteiger partial charge on any atom is -0.457 e. The molecular formula is C40H38CoN18O10+2. The largest absolute Gasteiger partial charge is 2.00 e. The zero-order valence-corrected chi connectivity index (χ0v) is 36.5. The van der Waals surface area contributed by atoms with E-state index in [1.54, 1.807) is 44.0 Å². The molecule has 28 nitrogen and oxygen atoms in total. The normalized spacial score (nSPS) is 9.97. The molecule has 0 fully saturated rings. The smallest absolute Gasteiger partial charge is 0.457 e. The summed E-state index contributed by atoms with van der Waals surface area (Å²) in [6.45, 7) is 2.50. The molecule has 4 aromatic carbocycles. The van der Waals surface area contributed by atoms with E-state index < -0.39 is 10.2 Å². The molecule has 0 bridgehead atoms. The van der Waals surface area contributed by atoms with E-state index in [0.29, 0.717) is 49.7 Å². The zero-order chi connectivity index (χ0) is 46.1. The molecule has 29 heteroatoms. The Morgan fingerprint density at radius 2 is 0.623 bits per heavy atom. The van der Waals surface area contributed by atoms with Gasteiger partial charge in [-0.15, -0.1) is 20.4 Å². The van der Waals surface area contributed by atoms with Crippen LogP contribution in [0.1, 0.15) is 22.3 Å². The van der Waals surface area contributed by atoms with Crippen LogP contribution in [0.15, 0.2) is 157 Å². The Balaban J connectivity index is 0.000000251. The summed E-state index contributed by atoms with van der Waals surface area (Å²) in [5.74, 6) is 1.90. The molecule has 0 amide bonds. The molecule has 0 aliphatic rings. The van der Waals surface area contributed by atoms with Crippen molar-refractivity contribution in [1.82, 2.24) is 79.5 Å². The van der Waals surface area contributed by atoms with Crippen LogP contribution in [0.25, 0.3) is 45.8 Å². The molecule has 0 saturated heterocycles. The van der Waals surface area contributed by atoms with E-state index in [0.717, 1.165) is 44.5 Å². The molecule has 0 spiro atoms. The molecule has 355 valence electrons. The second-order valence-electron chi connectivity index (χ2n) is 13.4. The fraction of sp³-hybridized carbons (Fsp3) is 0.100. The number of rotatable bonds is 12. The molecule has 6 heterocycles. The number of hydrogen-bond acceptors (Lipinski definition) is 20. The maximum absolute atomic E-state index is 8.25. The molecule has 10 rings (SSSR count). The summed E-state index contributed by atoms with van der Waals surface area (Å²) in [6.07, 6.45) is 12.8. The van der Waals surface area contributed by atoms with Crippen LogP contribution in [-0.2, 0) is 53.9 Å². The van der Waals surface area contributed by atoms with Gasteiger partial charge in [0.1, 0.15) is 50.6 Å². The Hall–Kier alpha value is -9.45. The Bertz CT molecular complexity index is 2660. The van der Waals surface area contributed by atoms with E-state index in [2.05, 4.69) is 60.7 Å². The number of aromatic nitrogens is 16. The topological polar surface area (TPSA) is 399 Å². The molecule has 0 unspecified atom stereocenters. The maximum Gasteiger partial charge on any atom is 2.00 e. The molecule has 0 atom stereocenters. The van der Waals surface area contributed by atoms with Crippen molar-refractivity contribution in [3.05, 3.63) is 201 Å². The third kappa shape index (κ3) is 15.9. The Morgan fingerprint density at radius 3 is 0.812 bits per heavy atom. The molecule has 1 radical (unpaired) electrons. The Labute approximate surface area is 397 Å². The SMILES string of the molecule is O=[N+]([O-])[O-].O=[N+]([O-])[O-].[Co+2].[OH3+].[OH3+].c1cc(Cn2cncn2)cc(-c2nnc(-c3cccc(Cn4cncn4)c3)o2)c1.c1cc(Cn2cncn2)cc(-c2nnc(-c3cccc(Cn4cncn4)c3)o2)c1. The second kappa shape index (κ2) is 25.9. The van der Waals surface area contributed by atoms with Crippen LogP contribution < -0.4 is 0 Å². The zero-order valence-electron chi connectivity index (χ0n) is 35.5. The maximum atomic E-state index is 8.25. The van der Waals surface area contributed by atoms with Gasteiger partial charge in [-0.2, -0.15) is 20.4 Å². The average molecular weight is 990 g/mol. The van der Waals surface area contributed by atoms with Crippen LogP contribution in [0.4, 0.5) is 0 Å². The van der Waals surface area contributed by atoms with Crippen molar-refractivity contribution in [1.29, 1.82) is 0 Å². The molecule has 10 aromatic rings. The predicted octanol–water partition coefficient (Wildman–Crippen LogP) is 3.04. The second-order valence-corrected chi connectivity index (χ2v) is 13.4. The van der Waals surface area contributed by atoms with Gasteiger partial charge in [0, 0.05) is 22.3 Å². The summed E-state index contributed by atoms with van der Waals surface area (Å²) in [6, 6.07) is 31.8. The van der Waals surface area contributed by atoms with E-state index in [4.69, 9.17) is 39.5 Å². The van der Waals surface area contributed by atoms with Gasteiger partial charge in [-0.05, 0) is 70.8 Å². The average Bonchev–Trinajstić information content (AvgIpc) is 4.16. The summed E-state index contributed by atoms with van der Waals surface area (Å²) in [4.78, 5) is 32.4. The minimum atomic E-state index is -1.75. The van der Waals surface area contributed by atoms with Crippen molar-refractivity contribution in [2.45, 2.75) is 26.2 Å². The van der Waals surface area contributed by atoms with Crippen LogP contribution >= 0.6 is 0 Å². The van der Waals surface area contributed by atoms with Crippen molar-refractivity contribution in [3.63, 3.8) is 0 Å². The van der Waals surface area contributed by atoms with Crippen LogP contribution in [0.2, 0.25) is 0 Å². The van der Waals surface area contributed by atoms with E-state index in [1.165, 1.54) is 25.3 Å². The van der Waals surface area contributed by atoms with Crippen molar-refractivity contribution in [2.75, 3.05) is 0 Å². The summed E-state index contributed by atoms with van der Waals surface area (Å²) in [7, 11) is 0. The summed E-state index contributed by atoms with van der Waals surface area (Å²) < 4.78 is 18.9. The third-order valence-electron chi connectivity index (χ3n) is 8.79. The first-order chi connectivity index (χ1) is 32.1. The summed E-state index contributed by atoms with van der Waals surface area (Å²) in [5.41, 5.74) is 7.73. The molecule has 6 aromatic heterocycles. The minimum absolute atomic E-state index is 0.